The summed E-state index contributed by atoms with van der Waals surface area (Å²) in [5.74, 6) is 0.465. The number of carbonyl (C=O) groups is 2. The Morgan fingerprint density at radius 1 is 1.48 bits per heavy atom. The smallest absolute Gasteiger partial charge is 0.225 e. The normalized spacial score (nSPS) is 17.2. The molecule has 2 aromatic rings. The summed E-state index contributed by atoms with van der Waals surface area (Å²) in [6.45, 7) is 3.54. The second kappa shape index (κ2) is 8.29. The van der Waals surface area contributed by atoms with Gasteiger partial charge in [-0.2, -0.15) is 0 Å². The van der Waals surface area contributed by atoms with E-state index in [1.807, 2.05) is 13.0 Å². The number of hydrogen-bond donors (Lipinski definition) is 1. The molecule has 1 aliphatic rings. The van der Waals surface area contributed by atoms with Crippen LogP contribution in [0, 0.1) is 12.8 Å². The van der Waals surface area contributed by atoms with Gasteiger partial charge in [0.25, 0.3) is 0 Å². The van der Waals surface area contributed by atoms with Crippen LogP contribution < -0.4 is 5.32 Å². The van der Waals surface area contributed by atoms with E-state index in [9.17, 15) is 9.59 Å². The molecule has 7 heteroatoms. The number of hydrogen-bond acceptors (Lipinski definition) is 5. The number of rotatable bonds is 8. The minimum absolute atomic E-state index is 0.00990. The Morgan fingerprint density at radius 3 is 3.08 bits per heavy atom. The van der Waals surface area contributed by atoms with Crippen LogP contribution in [-0.4, -0.2) is 34.8 Å². The van der Waals surface area contributed by atoms with Crippen molar-refractivity contribution >= 4 is 23.2 Å². The zero-order chi connectivity index (χ0) is 17.6. The fourth-order valence-corrected chi connectivity index (χ4v) is 3.78. The molecule has 0 aliphatic carbocycles. The monoisotopic (exact) mass is 361 g/mol. The SMILES string of the molecule is Cc1csc(CCCCNC(=O)C2CC(=O)N(Cc3ccco3)C2)n1. The number of aryl methyl sites for hydroxylation is 2. The van der Waals surface area contributed by atoms with Gasteiger partial charge in [0.2, 0.25) is 11.8 Å². The molecule has 25 heavy (non-hydrogen) atoms. The molecule has 1 N–H and O–H groups in total. The molecule has 6 nitrogen and oxygen atoms in total. The van der Waals surface area contributed by atoms with E-state index in [2.05, 4.69) is 15.7 Å². The van der Waals surface area contributed by atoms with Gasteiger partial charge in [0.15, 0.2) is 0 Å². The number of likely N-dealkylation sites (tertiary alicyclic amines) is 1. The lowest BCUT2D eigenvalue weighted by Gasteiger charge is -2.15. The van der Waals surface area contributed by atoms with Crippen LogP contribution in [0.4, 0.5) is 0 Å². The van der Waals surface area contributed by atoms with Crippen LogP contribution in [0.3, 0.4) is 0 Å². The van der Waals surface area contributed by atoms with Crippen molar-refractivity contribution in [2.45, 2.75) is 39.2 Å². The molecule has 1 atom stereocenters. The number of thiazole rings is 1. The van der Waals surface area contributed by atoms with Gasteiger partial charge < -0.3 is 14.6 Å². The average Bonchev–Trinajstić information content (AvgIpc) is 3.31. The van der Waals surface area contributed by atoms with E-state index >= 15 is 0 Å². The zero-order valence-electron chi connectivity index (χ0n) is 14.4. The predicted octanol–water partition coefficient (Wildman–Crippen LogP) is 2.53. The zero-order valence-corrected chi connectivity index (χ0v) is 15.2. The highest BCUT2D eigenvalue weighted by molar-refractivity contribution is 7.09. The van der Waals surface area contributed by atoms with Gasteiger partial charge in [-0.1, -0.05) is 0 Å². The molecular formula is C18H23N3O3S. The van der Waals surface area contributed by atoms with Crippen molar-refractivity contribution in [3.05, 3.63) is 40.2 Å². The van der Waals surface area contributed by atoms with Gasteiger partial charge in [-0.15, -0.1) is 11.3 Å². The molecule has 0 radical (unpaired) electrons. The first kappa shape index (κ1) is 17.7. The second-order valence-corrected chi connectivity index (χ2v) is 7.33. The van der Waals surface area contributed by atoms with Gasteiger partial charge in [-0.25, -0.2) is 4.98 Å². The molecular weight excluding hydrogens is 338 g/mol. The van der Waals surface area contributed by atoms with Crippen LogP contribution in [0.5, 0.6) is 0 Å². The summed E-state index contributed by atoms with van der Waals surface area (Å²) in [6.07, 6.45) is 4.74. The van der Waals surface area contributed by atoms with Crippen LogP contribution in [0.1, 0.15) is 35.7 Å². The summed E-state index contributed by atoms with van der Waals surface area (Å²) >= 11 is 1.69. The van der Waals surface area contributed by atoms with E-state index in [-0.39, 0.29) is 24.2 Å². The molecule has 1 fully saturated rings. The molecule has 3 rings (SSSR count). The quantitative estimate of drug-likeness (QED) is 0.733. The first-order valence-electron chi connectivity index (χ1n) is 8.60. The van der Waals surface area contributed by atoms with Crippen molar-refractivity contribution in [3.63, 3.8) is 0 Å². The van der Waals surface area contributed by atoms with Crippen LogP contribution in [0.25, 0.3) is 0 Å². The molecule has 0 aromatic carbocycles. The van der Waals surface area contributed by atoms with Gasteiger partial charge >= 0.3 is 0 Å². The fraction of sp³-hybridized carbons (Fsp3) is 0.500. The van der Waals surface area contributed by atoms with Crippen molar-refractivity contribution in [2.24, 2.45) is 5.92 Å². The molecule has 3 heterocycles. The van der Waals surface area contributed by atoms with Crippen molar-refractivity contribution in [2.75, 3.05) is 13.1 Å². The Hall–Kier alpha value is -2.15. The third-order valence-electron chi connectivity index (χ3n) is 4.30. The maximum absolute atomic E-state index is 12.3. The van der Waals surface area contributed by atoms with Gasteiger partial charge in [0.1, 0.15) is 5.76 Å². The Bertz CT molecular complexity index is 711. The van der Waals surface area contributed by atoms with Crippen molar-refractivity contribution < 1.29 is 14.0 Å². The minimum atomic E-state index is -0.260. The number of carbonyl (C=O) groups excluding carboxylic acids is 2. The van der Waals surface area contributed by atoms with Gasteiger partial charge in [-0.05, 0) is 38.3 Å². The molecule has 2 aromatic heterocycles. The lowest BCUT2D eigenvalue weighted by Crippen LogP contribution is -2.33. The van der Waals surface area contributed by atoms with Crippen LogP contribution >= 0.6 is 11.3 Å². The van der Waals surface area contributed by atoms with Crippen LogP contribution in [0.15, 0.2) is 28.2 Å². The third-order valence-corrected chi connectivity index (χ3v) is 5.32. The van der Waals surface area contributed by atoms with E-state index in [0.717, 1.165) is 35.7 Å². The molecule has 1 aliphatic heterocycles. The lowest BCUT2D eigenvalue weighted by atomic mass is 10.1. The highest BCUT2D eigenvalue weighted by atomic mass is 32.1. The van der Waals surface area contributed by atoms with Crippen LogP contribution in [0.2, 0.25) is 0 Å². The van der Waals surface area contributed by atoms with Gasteiger partial charge in [0.05, 0.1) is 23.7 Å². The summed E-state index contributed by atoms with van der Waals surface area (Å²) in [5.41, 5.74) is 1.07. The number of unbranched alkanes of at least 4 members (excludes halogenated alkanes) is 1. The maximum Gasteiger partial charge on any atom is 0.225 e. The Morgan fingerprint density at radius 2 is 2.36 bits per heavy atom. The lowest BCUT2D eigenvalue weighted by molar-refractivity contribution is -0.129. The number of amides is 2. The summed E-state index contributed by atoms with van der Waals surface area (Å²) in [6, 6.07) is 3.64. The molecule has 0 spiro atoms. The molecule has 0 bridgehead atoms. The highest BCUT2D eigenvalue weighted by Crippen LogP contribution is 2.20. The van der Waals surface area contributed by atoms with E-state index in [1.54, 1.807) is 28.6 Å². The predicted molar refractivity (Wildman–Crippen MR) is 95.0 cm³/mol. The van der Waals surface area contributed by atoms with Gasteiger partial charge in [-0.3, -0.25) is 9.59 Å². The number of nitrogens with one attached hydrogen (secondary N) is 1. The summed E-state index contributed by atoms with van der Waals surface area (Å²) in [5, 5.41) is 6.17. The maximum atomic E-state index is 12.3. The Labute approximate surface area is 151 Å². The standard InChI is InChI=1S/C18H23N3O3S/c1-13-12-25-16(20-13)6-2-3-7-19-18(23)14-9-17(22)21(10-14)11-15-5-4-8-24-15/h4-5,8,12,14H,2-3,6-7,9-11H2,1H3,(H,19,23). The largest absolute Gasteiger partial charge is 0.467 e. The fourth-order valence-electron chi connectivity index (χ4n) is 2.97. The van der Waals surface area contributed by atoms with E-state index in [1.165, 1.54) is 0 Å². The summed E-state index contributed by atoms with van der Waals surface area (Å²) < 4.78 is 5.27. The number of nitrogens with zero attached hydrogens (tertiary/aromatic N) is 2. The van der Waals surface area contributed by atoms with E-state index < -0.39 is 0 Å². The minimum Gasteiger partial charge on any atom is -0.467 e. The first-order chi connectivity index (χ1) is 12.1. The average molecular weight is 361 g/mol. The molecule has 1 unspecified atom stereocenters. The highest BCUT2D eigenvalue weighted by Gasteiger charge is 2.34. The van der Waals surface area contributed by atoms with E-state index in [4.69, 9.17) is 4.42 Å². The van der Waals surface area contributed by atoms with E-state index in [0.29, 0.717) is 19.6 Å². The topological polar surface area (TPSA) is 75.4 Å². The number of aromatic nitrogens is 1. The third kappa shape index (κ3) is 4.92. The molecule has 1 saturated heterocycles. The Kier molecular flexibility index (Phi) is 5.86. The molecule has 2 amide bonds. The first-order valence-corrected chi connectivity index (χ1v) is 9.48. The number of furan rings is 1. The Balaban J connectivity index is 1.35. The second-order valence-electron chi connectivity index (χ2n) is 6.39. The van der Waals surface area contributed by atoms with Crippen molar-refractivity contribution in [1.29, 1.82) is 0 Å². The summed E-state index contributed by atoms with van der Waals surface area (Å²) in [4.78, 5) is 30.4. The van der Waals surface area contributed by atoms with Crippen molar-refractivity contribution in [3.8, 4) is 0 Å². The van der Waals surface area contributed by atoms with Gasteiger partial charge in [0, 0.05) is 30.6 Å². The van der Waals surface area contributed by atoms with Crippen molar-refractivity contribution in [1.82, 2.24) is 15.2 Å². The molecule has 134 valence electrons. The molecule has 0 saturated carbocycles. The van der Waals surface area contributed by atoms with Crippen LogP contribution in [-0.2, 0) is 22.6 Å². The summed E-state index contributed by atoms with van der Waals surface area (Å²) in [7, 11) is 0.